The molecule has 21 heavy (non-hydrogen) atoms. The number of carbonyl (C=O) groups excluding carboxylic acids is 1. The molecule has 2 heterocycles. The van der Waals surface area contributed by atoms with Crippen LogP contribution < -0.4 is 5.32 Å². The molecule has 0 unspecified atom stereocenters. The van der Waals surface area contributed by atoms with E-state index in [0.29, 0.717) is 5.92 Å². The van der Waals surface area contributed by atoms with E-state index in [1.54, 1.807) is 6.20 Å². The van der Waals surface area contributed by atoms with E-state index in [2.05, 4.69) is 16.4 Å². The summed E-state index contributed by atoms with van der Waals surface area (Å²) < 4.78 is 5.40. The molecule has 1 aliphatic rings. The average Bonchev–Trinajstić information content (AvgIpc) is 2.87. The van der Waals surface area contributed by atoms with Gasteiger partial charge in [-0.2, -0.15) is 0 Å². The van der Waals surface area contributed by atoms with Gasteiger partial charge >= 0.3 is 6.09 Å². The zero-order valence-corrected chi connectivity index (χ0v) is 13.1. The van der Waals surface area contributed by atoms with Crippen LogP contribution >= 0.6 is 0 Å². The zero-order chi connectivity index (χ0) is 15.3. The lowest BCUT2D eigenvalue weighted by Gasteiger charge is -2.24. The van der Waals surface area contributed by atoms with Gasteiger partial charge < -0.3 is 15.0 Å². The van der Waals surface area contributed by atoms with Crippen LogP contribution in [0.5, 0.6) is 0 Å². The van der Waals surface area contributed by atoms with Crippen LogP contribution in [0.15, 0.2) is 24.5 Å². The Balaban J connectivity index is 1.69. The topological polar surface area (TPSA) is 54.5 Å². The number of hydrogen-bond donors (Lipinski definition) is 1. The second kappa shape index (κ2) is 6.89. The Morgan fingerprint density at radius 2 is 2.33 bits per heavy atom. The summed E-state index contributed by atoms with van der Waals surface area (Å²) in [6.07, 6.45) is 4.48. The fraction of sp³-hybridized carbons (Fsp3) is 0.625. The van der Waals surface area contributed by atoms with Crippen molar-refractivity contribution in [1.82, 2.24) is 15.2 Å². The van der Waals surface area contributed by atoms with Gasteiger partial charge in [0, 0.05) is 38.6 Å². The highest BCUT2D eigenvalue weighted by atomic mass is 16.6. The van der Waals surface area contributed by atoms with Crippen LogP contribution in [-0.4, -0.2) is 41.2 Å². The fourth-order valence-electron chi connectivity index (χ4n) is 2.41. The lowest BCUT2D eigenvalue weighted by atomic mass is 10.1. The highest BCUT2D eigenvalue weighted by molar-refractivity contribution is 5.68. The van der Waals surface area contributed by atoms with Crippen LogP contribution in [0, 0.1) is 5.92 Å². The molecule has 1 aliphatic heterocycles. The number of ether oxygens (including phenoxy) is 1. The molecule has 1 amide bonds. The molecule has 1 saturated heterocycles. The average molecular weight is 291 g/mol. The number of amides is 1. The zero-order valence-electron chi connectivity index (χ0n) is 13.1. The molecule has 1 aromatic rings. The molecule has 0 aromatic carbocycles. The first-order valence-corrected chi connectivity index (χ1v) is 7.51. The van der Waals surface area contributed by atoms with E-state index in [9.17, 15) is 4.79 Å². The Bertz CT molecular complexity index is 456. The molecule has 1 atom stereocenters. The molecule has 2 rings (SSSR count). The molecule has 1 N–H and O–H groups in total. The van der Waals surface area contributed by atoms with Crippen molar-refractivity contribution < 1.29 is 9.53 Å². The molecule has 0 bridgehead atoms. The number of nitrogens with zero attached hydrogens (tertiary/aromatic N) is 2. The third-order valence-corrected chi connectivity index (χ3v) is 3.42. The minimum atomic E-state index is -0.423. The van der Waals surface area contributed by atoms with Crippen molar-refractivity contribution in [3.63, 3.8) is 0 Å². The van der Waals surface area contributed by atoms with Crippen molar-refractivity contribution in [3.05, 3.63) is 30.1 Å². The lowest BCUT2D eigenvalue weighted by molar-refractivity contribution is 0.0288. The molecular formula is C16H25N3O2. The number of nitrogens with one attached hydrogen (secondary N) is 1. The maximum absolute atomic E-state index is 12.0. The highest BCUT2D eigenvalue weighted by Crippen LogP contribution is 2.19. The fourth-order valence-corrected chi connectivity index (χ4v) is 2.41. The monoisotopic (exact) mass is 291 g/mol. The normalized spacial score (nSPS) is 18.8. The van der Waals surface area contributed by atoms with Gasteiger partial charge in [-0.1, -0.05) is 6.07 Å². The van der Waals surface area contributed by atoms with E-state index in [1.165, 1.54) is 5.56 Å². The molecule has 0 radical (unpaired) electrons. The van der Waals surface area contributed by atoms with Gasteiger partial charge in [0.25, 0.3) is 0 Å². The standard InChI is InChI=1S/C16H25N3O2/c1-16(2,3)21-15(20)19-8-6-14(12-19)11-18-10-13-5-4-7-17-9-13/h4-5,7,9,14,18H,6,8,10-12H2,1-3H3/t14-/m0/s1. The van der Waals surface area contributed by atoms with E-state index in [4.69, 9.17) is 4.74 Å². The molecule has 1 aromatic heterocycles. The first-order chi connectivity index (χ1) is 9.94. The number of rotatable bonds is 4. The highest BCUT2D eigenvalue weighted by Gasteiger charge is 2.29. The molecule has 116 valence electrons. The van der Waals surface area contributed by atoms with E-state index < -0.39 is 5.60 Å². The van der Waals surface area contributed by atoms with Gasteiger partial charge in [-0.05, 0) is 44.7 Å². The number of pyridine rings is 1. The summed E-state index contributed by atoms with van der Waals surface area (Å²) in [7, 11) is 0. The van der Waals surface area contributed by atoms with Crippen molar-refractivity contribution in [3.8, 4) is 0 Å². The van der Waals surface area contributed by atoms with Crippen molar-refractivity contribution in [2.75, 3.05) is 19.6 Å². The largest absolute Gasteiger partial charge is 0.444 e. The molecule has 0 aliphatic carbocycles. The number of hydrogen-bond acceptors (Lipinski definition) is 4. The van der Waals surface area contributed by atoms with Crippen LogP contribution in [0.2, 0.25) is 0 Å². The van der Waals surface area contributed by atoms with Gasteiger partial charge in [-0.25, -0.2) is 4.79 Å². The molecule has 0 saturated carbocycles. The predicted octanol–water partition coefficient (Wildman–Crippen LogP) is 2.43. The van der Waals surface area contributed by atoms with Crippen LogP contribution in [0.1, 0.15) is 32.8 Å². The summed E-state index contributed by atoms with van der Waals surface area (Å²) in [4.78, 5) is 17.9. The minimum absolute atomic E-state index is 0.197. The third-order valence-electron chi connectivity index (χ3n) is 3.42. The van der Waals surface area contributed by atoms with E-state index >= 15 is 0 Å². The quantitative estimate of drug-likeness (QED) is 0.925. The van der Waals surface area contributed by atoms with Gasteiger partial charge in [0.15, 0.2) is 0 Å². The summed E-state index contributed by atoms with van der Waals surface area (Å²) in [5, 5.41) is 3.43. The lowest BCUT2D eigenvalue weighted by Crippen LogP contribution is -2.36. The van der Waals surface area contributed by atoms with Crippen molar-refractivity contribution in [2.45, 2.75) is 39.3 Å². The Labute approximate surface area is 126 Å². The van der Waals surface area contributed by atoms with Crippen molar-refractivity contribution in [2.24, 2.45) is 5.92 Å². The Kier molecular flexibility index (Phi) is 5.17. The van der Waals surface area contributed by atoms with Crippen LogP contribution in [-0.2, 0) is 11.3 Å². The summed E-state index contributed by atoms with van der Waals surface area (Å²) in [5.41, 5.74) is 0.757. The SMILES string of the molecule is CC(C)(C)OC(=O)N1CC[C@@H](CNCc2cccnc2)C1. The summed E-state index contributed by atoms with van der Waals surface area (Å²) in [5.74, 6) is 0.495. The van der Waals surface area contributed by atoms with Crippen molar-refractivity contribution >= 4 is 6.09 Å². The predicted molar refractivity (Wildman–Crippen MR) is 81.9 cm³/mol. The molecule has 5 heteroatoms. The molecular weight excluding hydrogens is 266 g/mol. The van der Waals surface area contributed by atoms with Gasteiger partial charge in [-0.3, -0.25) is 4.98 Å². The van der Waals surface area contributed by atoms with Gasteiger partial charge in [0.2, 0.25) is 0 Å². The first-order valence-electron chi connectivity index (χ1n) is 7.51. The number of carbonyl (C=O) groups is 1. The molecule has 0 spiro atoms. The first kappa shape index (κ1) is 15.8. The minimum Gasteiger partial charge on any atom is -0.444 e. The van der Waals surface area contributed by atoms with E-state index in [1.807, 2.05) is 37.9 Å². The van der Waals surface area contributed by atoms with Crippen molar-refractivity contribution in [1.29, 1.82) is 0 Å². The summed E-state index contributed by atoms with van der Waals surface area (Å²) >= 11 is 0. The Morgan fingerprint density at radius 1 is 1.52 bits per heavy atom. The Hall–Kier alpha value is -1.62. The molecule has 1 fully saturated rings. The van der Waals surface area contributed by atoms with E-state index in [0.717, 1.165) is 32.6 Å². The van der Waals surface area contributed by atoms with Gasteiger partial charge in [-0.15, -0.1) is 0 Å². The number of likely N-dealkylation sites (tertiary alicyclic amines) is 1. The maximum Gasteiger partial charge on any atom is 0.410 e. The van der Waals surface area contributed by atoms with Crippen LogP contribution in [0.4, 0.5) is 4.79 Å². The Morgan fingerprint density at radius 3 is 3.00 bits per heavy atom. The smallest absolute Gasteiger partial charge is 0.410 e. The van der Waals surface area contributed by atoms with Gasteiger partial charge in [0.05, 0.1) is 0 Å². The summed E-state index contributed by atoms with van der Waals surface area (Å²) in [6.45, 7) is 8.98. The maximum atomic E-state index is 12.0. The van der Waals surface area contributed by atoms with Gasteiger partial charge in [0.1, 0.15) is 5.60 Å². The van der Waals surface area contributed by atoms with E-state index in [-0.39, 0.29) is 6.09 Å². The molecule has 5 nitrogen and oxygen atoms in total. The van der Waals surface area contributed by atoms with Crippen LogP contribution in [0.25, 0.3) is 0 Å². The van der Waals surface area contributed by atoms with Crippen LogP contribution in [0.3, 0.4) is 0 Å². The number of aromatic nitrogens is 1. The second-order valence-corrected chi connectivity index (χ2v) is 6.57. The summed E-state index contributed by atoms with van der Waals surface area (Å²) in [6, 6.07) is 4.00. The third kappa shape index (κ3) is 5.34. The second-order valence-electron chi connectivity index (χ2n) is 6.57.